The average molecular weight is 393 g/mol. The average Bonchev–Trinajstić information content (AvgIpc) is 2.73. The first-order valence-corrected chi connectivity index (χ1v) is 9.01. The van der Waals surface area contributed by atoms with Gasteiger partial charge in [-0.2, -0.15) is 0 Å². The molecule has 3 rings (SSSR count). The molecule has 1 atom stereocenters. The Morgan fingerprint density at radius 3 is 2.38 bits per heavy atom. The first-order chi connectivity index (χ1) is 14.0. The lowest BCUT2D eigenvalue weighted by atomic mass is 10.1. The highest BCUT2D eigenvalue weighted by molar-refractivity contribution is 5.96. The van der Waals surface area contributed by atoms with Crippen LogP contribution < -0.4 is 10.1 Å². The molecule has 6 heteroatoms. The van der Waals surface area contributed by atoms with E-state index in [0.717, 1.165) is 11.6 Å². The third kappa shape index (κ3) is 5.90. The summed E-state index contributed by atoms with van der Waals surface area (Å²) in [7, 11) is 0. The number of amides is 1. The molecule has 0 spiro atoms. The summed E-state index contributed by atoms with van der Waals surface area (Å²) in [6, 6.07) is 21.4. The molecule has 0 aliphatic heterocycles. The van der Waals surface area contributed by atoms with Crippen LogP contribution in [0.2, 0.25) is 0 Å². The van der Waals surface area contributed by atoms with E-state index in [4.69, 9.17) is 9.47 Å². The van der Waals surface area contributed by atoms with Crippen molar-refractivity contribution in [1.82, 2.24) is 0 Å². The van der Waals surface area contributed by atoms with E-state index in [2.05, 4.69) is 5.32 Å². The number of carbonyl (C=O) groups is 2. The standard InChI is InChI=1S/C23H20FNO4/c1-16-10-12-19(13-11-16)25-23(27)22(17-6-3-2-4-7-17)29-21(26)15-28-20-9-5-8-18(24)14-20/h2-14,22H,15H2,1H3,(H,25,27)/t22-/m1/s1. The van der Waals surface area contributed by atoms with E-state index in [0.29, 0.717) is 11.3 Å². The number of nitrogens with one attached hydrogen (secondary N) is 1. The fourth-order valence-electron chi connectivity index (χ4n) is 2.61. The zero-order valence-electron chi connectivity index (χ0n) is 15.8. The Kier molecular flexibility index (Phi) is 6.58. The molecule has 0 bridgehead atoms. The summed E-state index contributed by atoms with van der Waals surface area (Å²) >= 11 is 0. The molecule has 1 amide bonds. The number of halogens is 1. The van der Waals surface area contributed by atoms with Gasteiger partial charge in [0.25, 0.3) is 5.91 Å². The summed E-state index contributed by atoms with van der Waals surface area (Å²) < 4.78 is 23.8. The zero-order valence-corrected chi connectivity index (χ0v) is 15.8. The van der Waals surface area contributed by atoms with Gasteiger partial charge in [-0.05, 0) is 31.2 Å². The van der Waals surface area contributed by atoms with E-state index in [9.17, 15) is 14.0 Å². The van der Waals surface area contributed by atoms with Gasteiger partial charge in [0.2, 0.25) is 6.10 Å². The molecular formula is C23H20FNO4. The maximum atomic E-state index is 13.2. The van der Waals surface area contributed by atoms with E-state index < -0.39 is 30.4 Å². The molecule has 3 aromatic carbocycles. The number of rotatable bonds is 7. The van der Waals surface area contributed by atoms with Crippen LogP contribution in [-0.2, 0) is 14.3 Å². The largest absolute Gasteiger partial charge is 0.482 e. The predicted octanol–water partition coefficient (Wildman–Crippen LogP) is 4.44. The molecule has 5 nitrogen and oxygen atoms in total. The third-order valence-corrected chi connectivity index (χ3v) is 4.06. The number of hydrogen-bond acceptors (Lipinski definition) is 4. The Labute approximate surface area is 168 Å². The van der Waals surface area contributed by atoms with Crippen molar-refractivity contribution >= 4 is 17.6 Å². The van der Waals surface area contributed by atoms with Gasteiger partial charge in [0.15, 0.2) is 6.61 Å². The fraction of sp³-hybridized carbons (Fsp3) is 0.130. The molecule has 0 aromatic heterocycles. The Balaban J connectivity index is 1.69. The van der Waals surface area contributed by atoms with Gasteiger partial charge < -0.3 is 14.8 Å². The summed E-state index contributed by atoms with van der Waals surface area (Å²) in [5.41, 5.74) is 2.17. The maximum Gasteiger partial charge on any atom is 0.345 e. The van der Waals surface area contributed by atoms with E-state index in [-0.39, 0.29) is 5.75 Å². The number of carbonyl (C=O) groups excluding carboxylic acids is 2. The van der Waals surface area contributed by atoms with E-state index in [1.165, 1.54) is 18.2 Å². The summed E-state index contributed by atoms with van der Waals surface area (Å²) in [4.78, 5) is 25.0. The van der Waals surface area contributed by atoms with E-state index in [1.54, 1.807) is 42.5 Å². The molecular weight excluding hydrogens is 373 g/mol. The smallest absolute Gasteiger partial charge is 0.345 e. The second-order valence-corrected chi connectivity index (χ2v) is 6.38. The summed E-state index contributed by atoms with van der Waals surface area (Å²) in [5.74, 6) is -1.51. The van der Waals surface area contributed by atoms with Crippen LogP contribution in [0, 0.1) is 12.7 Å². The molecule has 0 aliphatic carbocycles. The van der Waals surface area contributed by atoms with Crippen LogP contribution in [0.4, 0.5) is 10.1 Å². The first-order valence-electron chi connectivity index (χ1n) is 9.01. The van der Waals surface area contributed by atoms with Crippen molar-refractivity contribution < 1.29 is 23.5 Å². The monoisotopic (exact) mass is 393 g/mol. The highest BCUT2D eigenvalue weighted by Crippen LogP contribution is 2.21. The van der Waals surface area contributed by atoms with Crippen molar-refractivity contribution in [3.8, 4) is 5.75 Å². The van der Waals surface area contributed by atoms with Gasteiger partial charge in [-0.3, -0.25) is 4.79 Å². The fourth-order valence-corrected chi connectivity index (χ4v) is 2.61. The normalized spacial score (nSPS) is 11.4. The van der Waals surface area contributed by atoms with Gasteiger partial charge in [0.1, 0.15) is 11.6 Å². The zero-order chi connectivity index (χ0) is 20.6. The summed E-state index contributed by atoms with van der Waals surface area (Å²) in [5, 5.41) is 2.75. The lowest BCUT2D eigenvalue weighted by Gasteiger charge is -2.18. The highest BCUT2D eigenvalue weighted by atomic mass is 19.1. The number of aryl methyl sites for hydroxylation is 1. The SMILES string of the molecule is Cc1ccc(NC(=O)[C@H](OC(=O)COc2cccc(F)c2)c2ccccc2)cc1. The van der Waals surface area contributed by atoms with E-state index in [1.807, 2.05) is 19.1 Å². The lowest BCUT2D eigenvalue weighted by Crippen LogP contribution is -2.28. The van der Waals surface area contributed by atoms with Gasteiger partial charge in [-0.1, -0.05) is 54.1 Å². The quantitative estimate of drug-likeness (QED) is 0.603. The van der Waals surface area contributed by atoms with E-state index >= 15 is 0 Å². The van der Waals surface area contributed by atoms with Crippen molar-refractivity contribution in [2.24, 2.45) is 0 Å². The van der Waals surface area contributed by atoms with Gasteiger partial charge in [-0.15, -0.1) is 0 Å². The molecule has 0 saturated carbocycles. The van der Waals surface area contributed by atoms with Crippen molar-refractivity contribution in [3.05, 3.63) is 95.8 Å². The topological polar surface area (TPSA) is 64.6 Å². The molecule has 0 saturated heterocycles. The van der Waals surface area contributed by atoms with Crippen LogP contribution in [0.1, 0.15) is 17.2 Å². The van der Waals surface area contributed by atoms with Crippen LogP contribution in [0.15, 0.2) is 78.9 Å². The van der Waals surface area contributed by atoms with Crippen LogP contribution in [-0.4, -0.2) is 18.5 Å². The Bertz CT molecular complexity index is 974. The molecule has 0 aliphatic rings. The summed E-state index contributed by atoms with van der Waals surface area (Å²) in [6.07, 6.45) is -1.15. The van der Waals surface area contributed by atoms with Crippen LogP contribution >= 0.6 is 0 Å². The molecule has 0 fully saturated rings. The summed E-state index contributed by atoms with van der Waals surface area (Å²) in [6.45, 7) is 1.49. The maximum absolute atomic E-state index is 13.2. The van der Waals surface area contributed by atoms with Crippen molar-refractivity contribution in [2.75, 3.05) is 11.9 Å². The molecule has 29 heavy (non-hydrogen) atoms. The molecule has 1 N–H and O–H groups in total. The Hall–Kier alpha value is -3.67. The van der Waals surface area contributed by atoms with Crippen LogP contribution in [0.25, 0.3) is 0 Å². The second kappa shape index (κ2) is 9.50. The van der Waals surface area contributed by atoms with Gasteiger partial charge in [0.05, 0.1) is 0 Å². The Morgan fingerprint density at radius 2 is 1.69 bits per heavy atom. The van der Waals surface area contributed by atoms with Gasteiger partial charge in [-0.25, -0.2) is 9.18 Å². The molecule has 0 radical (unpaired) electrons. The third-order valence-electron chi connectivity index (χ3n) is 4.06. The molecule has 0 unspecified atom stereocenters. The van der Waals surface area contributed by atoms with Crippen molar-refractivity contribution in [1.29, 1.82) is 0 Å². The van der Waals surface area contributed by atoms with Crippen molar-refractivity contribution in [3.63, 3.8) is 0 Å². The van der Waals surface area contributed by atoms with Crippen LogP contribution in [0.5, 0.6) is 5.75 Å². The molecule has 148 valence electrons. The predicted molar refractivity (Wildman–Crippen MR) is 107 cm³/mol. The molecule has 0 heterocycles. The number of ether oxygens (including phenoxy) is 2. The molecule has 3 aromatic rings. The van der Waals surface area contributed by atoms with Gasteiger partial charge >= 0.3 is 5.97 Å². The minimum absolute atomic E-state index is 0.197. The highest BCUT2D eigenvalue weighted by Gasteiger charge is 2.25. The van der Waals surface area contributed by atoms with Crippen molar-refractivity contribution in [2.45, 2.75) is 13.0 Å². The minimum Gasteiger partial charge on any atom is -0.482 e. The number of benzene rings is 3. The number of anilines is 1. The van der Waals surface area contributed by atoms with Crippen LogP contribution in [0.3, 0.4) is 0 Å². The first kappa shape index (κ1) is 20.1. The Morgan fingerprint density at radius 1 is 0.966 bits per heavy atom. The lowest BCUT2D eigenvalue weighted by molar-refractivity contribution is -0.156. The second-order valence-electron chi connectivity index (χ2n) is 6.38. The number of esters is 1. The van der Waals surface area contributed by atoms with Gasteiger partial charge in [0, 0.05) is 17.3 Å². The number of hydrogen-bond donors (Lipinski definition) is 1. The minimum atomic E-state index is -1.15.